The minimum Gasteiger partial charge on any atom is -0.310 e. The van der Waals surface area contributed by atoms with Gasteiger partial charge in [-0.2, -0.15) is 5.10 Å². The normalized spacial score (nSPS) is 14.8. The molecule has 1 amide bonds. The average Bonchev–Trinajstić information content (AvgIpc) is 3.39. The molecule has 1 aliphatic rings. The van der Waals surface area contributed by atoms with Crippen molar-refractivity contribution in [2.24, 2.45) is 7.05 Å². The summed E-state index contributed by atoms with van der Waals surface area (Å²) in [6, 6.07) is 2.20. The average molecular weight is 418 g/mol. The van der Waals surface area contributed by atoms with Gasteiger partial charge < -0.3 is 5.32 Å². The molecule has 3 aromatic heterocycles. The highest BCUT2D eigenvalue weighted by Gasteiger charge is 2.21. The number of amides is 1. The fourth-order valence-corrected chi connectivity index (χ4v) is 5.49. The molecule has 0 unspecified atom stereocenters. The Morgan fingerprint density at radius 1 is 1.36 bits per heavy atom. The van der Waals surface area contributed by atoms with E-state index in [1.807, 2.05) is 24.6 Å². The molecule has 9 heteroatoms. The minimum atomic E-state index is -0.127. The smallest absolute Gasteiger partial charge is 0.262 e. The van der Waals surface area contributed by atoms with E-state index in [1.165, 1.54) is 40.5 Å². The molecule has 0 aromatic carbocycles. The van der Waals surface area contributed by atoms with Gasteiger partial charge in [0.1, 0.15) is 10.6 Å². The number of aromatic nitrogens is 4. The molecule has 0 saturated heterocycles. The number of hydrogen-bond acceptors (Lipinski definition) is 6. The molecule has 0 bridgehead atoms. The van der Waals surface area contributed by atoms with E-state index in [1.54, 1.807) is 13.2 Å². The fraction of sp³-hybridized carbons (Fsp3) is 0.474. The van der Waals surface area contributed by atoms with Gasteiger partial charge in [-0.3, -0.25) is 14.2 Å². The monoisotopic (exact) mass is 417 g/mol. The van der Waals surface area contributed by atoms with Crippen LogP contribution in [0.5, 0.6) is 0 Å². The molecule has 1 aliphatic carbocycles. The van der Waals surface area contributed by atoms with Crippen molar-refractivity contribution in [2.75, 3.05) is 11.1 Å². The van der Waals surface area contributed by atoms with Crippen LogP contribution in [0, 0.1) is 13.8 Å². The third-order valence-electron chi connectivity index (χ3n) is 5.31. The van der Waals surface area contributed by atoms with Crippen LogP contribution in [0.15, 0.2) is 22.2 Å². The molecule has 1 fully saturated rings. The number of nitrogens with one attached hydrogen (secondary N) is 1. The van der Waals surface area contributed by atoms with Crippen LogP contribution >= 0.6 is 23.1 Å². The Morgan fingerprint density at radius 3 is 2.86 bits per heavy atom. The lowest BCUT2D eigenvalue weighted by atomic mass is 10.2. The summed E-state index contributed by atoms with van der Waals surface area (Å²) in [5, 5.41) is 8.56. The first-order chi connectivity index (χ1) is 13.5. The maximum Gasteiger partial charge on any atom is 0.262 e. The number of aryl methyl sites for hydroxylation is 2. The third-order valence-corrected chi connectivity index (χ3v) is 7.44. The summed E-state index contributed by atoms with van der Waals surface area (Å²) in [5.74, 6) is 0.794. The zero-order valence-corrected chi connectivity index (χ0v) is 17.8. The van der Waals surface area contributed by atoms with Crippen LogP contribution in [0.1, 0.15) is 42.2 Å². The predicted octanol–water partition coefficient (Wildman–Crippen LogP) is 3.65. The molecule has 3 heterocycles. The van der Waals surface area contributed by atoms with Crippen LogP contribution in [0.4, 0.5) is 5.82 Å². The number of nitrogens with zero attached hydrogens (tertiary/aromatic N) is 4. The van der Waals surface area contributed by atoms with Gasteiger partial charge in [-0.25, -0.2) is 9.67 Å². The van der Waals surface area contributed by atoms with Crippen LogP contribution in [0.3, 0.4) is 0 Å². The number of carbonyl (C=O) groups is 1. The Morgan fingerprint density at radius 2 is 2.11 bits per heavy atom. The maximum absolute atomic E-state index is 12.7. The lowest BCUT2D eigenvalue weighted by molar-refractivity contribution is -0.113. The second kappa shape index (κ2) is 7.71. The van der Waals surface area contributed by atoms with E-state index in [-0.39, 0.29) is 17.2 Å². The van der Waals surface area contributed by atoms with Crippen molar-refractivity contribution in [3.63, 3.8) is 0 Å². The summed E-state index contributed by atoms with van der Waals surface area (Å²) in [6.07, 6.45) is 6.34. The van der Waals surface area contributed by atoms with E-state index in [0.29, 0.717) is 16.6 Å². The lowest BCUT2D eigenvalue weighted by Crippen LogP contribution is -2.22. The highest BCUT2D eigenvalue weighted by Crippen LogP contribution is 2.31. The molecule has 1 N–H and O–H groups in total. The number of thioether (sulfide) groups is 1. The van der Waals surface area contributed by atoms with Crippen molar-refractivity contribution in [1.29, 1.82) is 0 Å². The Kier molecular flexibility index (Phi) is 5.29. The summed E-state index contributed by atoms with van der Waals surface area (Å²) in [4.78, 5) is 31.6. The summed E-state index contributed by atoms with van der Waals surface area (Å²) in [5.41, 5.74) is 0.927. The Bertz CT molecular complexity index is 1090. The minimum absolute atomic E-state index is 0.0610. The van der Waals surface area contributed by atoms with E-state index < -0.39 is 0 Å². The van der Waals surface area contributed by atoms with E-state index in [4.69, 9.17) is 0 Å². The predicted molar refractivity (Wildman–Crippen MR) is 113 cm³/mol. The largest absolute Gasteiger partial charge is 0.310 e. The van der Waals surface area contributed by atoms with Crippen molar-refractivity contribution in [3.8, 4) is 0 Å². The van der Waals surface area contributed by atoms with Gasteiger partial charge in [-0.15, -0.1) is 11.3 Å². The second-order valence-corrected chi connectivity index (χ2v) is 9.30. The van der Waals surface area contributed by atoms with E-state index in [9.17, 15) is 9.59 Å². The molecule has 148 valence electrons. The number of hydrogen-bond donors (Lipinski definition) is 1. The number of fused-ring (bicyclic) bond motifs is 1. The molecule has 28 heavy (non-hydrogen) atoms. The van der Waals surface area contributed by atoms with Gasteiger partial charge in [-0.05, 0) is 32.3 Å². The van der Waals surface area contributed by atoms with Gasteiger partial charge in [0.25, 0.3) is 5.56 Å². The molecule has 3 aromatic rings. The second-order valence-electron chi connectivity index (χ2n) is 7.16. The first kappa shape index (κ1) is 19.2. The first-order valence-corrected chi connectivity index (χ1v) is 11.2. The molecular formula is C19H23N5O2S2. The molecule has 7 nitrogen and oxygen atoms in total. The molecule has 0 radical (unpaired) electrons. The SMILES string of the molecule is Cc1sc2nc(SCC(=O)Nc3ccnn3C3CCCC3)n(C)c(=O)c2c1C. The number of carbonyl (C=O) groups excluding carboxylic acids is 1. The van der Waals surface area contributed by atoms with Crippen molar-refractivity contribution in [2.45, 2.75) is 50.7 Å². The summed E-state index contributed by atoms with van der Waals surface area (Å²) in [6.45, 7) is 3.94. The Balaban J connectivity index is 1.48. The van der Waals surface area contributed by atoms with Crippen molar-refractivity contribution in [3.05, 3.63) is 33.1 Å². The van der Waals surface area contributed by atoms with Gasteiger partial charge in [0.05, 0.1) is 23.4 Å². The van der Waals surface area contributed by atoms with Gasteiger partial charge in [0.2, 0.25) is 5.91 Å². The highest BCUT2D eigenvalue weighted by atomic mass is 32.2. The topological polar surface area (TPSA) is 81.8 Å². The molecule has 0 spiro atoms. The standard InChI is InChI=1S/C19H23N5O2S2/c1-11-12(2)28-17-16(11)18(26)23(3)19(22-17)27-10-15(25)21-14-8-9-20-24(14)13-6-4-5-7-13/h8-9,13H,4-7,10H2,1-3H3,(H,21,25). The molecule has 4 rings (SSSR count). The van der Waals surface area contributed by atoms with Crippen LogP contribution in [-0.2, 0) is 11.8 Å². The lowest BCUT2D eigenvalue weighted by Gasteiger charge is -2.14. The van der Waals surface area contributed by atoms with Crippen LogP contribution in [-0.4, -0.2) is 31.0 Å². The van der Waals surface area contributed by atoms with E-state index >= 15 is 0 Å². The van der Waals surface area contributed by atoms with Gasteiger partial charge >= 0.3 is 0 Å². The fourth-order valence-electron chi connectivity index (χ4n) is 3.65. The number of rotatable bonds is 5. The van der Waals surface area contributed by atoms with Crippen molar-refractivity contribution < 1.29 is 4.79 Å². The van der Waals surface area contributed by atoms with E-state index in [2.05, 4.69) is 15.4 Å². The summed E-state index contributed by atoms with van der Waals surface area (Å²) < 4.78 is 3.45. The van der Waals surface area contributed by atoms with E-state index in [0.717, 1.165) is 33.9 Å². The maximum atomic E-state index is 12.7. The van der Waals surface area contributed by atoms with Gasteiger partial charge in [0, 0.05) is 18.0 Å². The quantitative estimate of drug-likeness (QED) is 0.506. The molecule has 0 atom stereocenters. The number of thiophene rings is 1. The Labute approximate surface area is 171 Å². The molecular weight excluding hydrogens is 394 g/mol. The van der Waals surface area contributed by atoms with Crippen LogP contribution in [0.2, 0.25) is 0 Å². The van der Waals surface area contributed by atoms with Gasteiger partial charge in [-0.1, -0.05) is 24.6 Å². The zero-order valence-electron chi connectivity index (χ0n) is 16.2. The van der Waals surface area contributed by atoms with Crippen molar-refractivity contribution >= 4 is 45.0 Å². The van der Waals surface area contributed by atoms with Crippen LogP contribution in [0.25, 0.3) is 10.2 Å². The first-order valence-electron chi connectivity index (χ1n) is 9.38. The molecule has 0 aliphatic heterocycles. The summed E-state index contributed by atoms with van der Waals surface area (Å²) in [7, 11) is 1.70. The van der Waals surface area contributed by atoms with Crippen LogP contribution < -0.4 is 10.9 Å². The number of anilines is 1. The summed E-state index contributed by atoms with van der Waals surface area (Å²) >= 11 is 2.80. The Hall–Kier alpha value is -2.13. The van der Waals surface area contributed by atoms with Gasteiger partial charge in [0.15, 0.2) is 5.16 Å². The highest BCUT2D eigenvalue weighted by molar-refractivity contribution is 7.99. The van der Waals surface area contributed by atoms with Crippen molar-refractivity contribution in [1.82, 2.24) is 19.3 Å². The molecule has 1 saturated carbocycles. The zero-order chi connectivity index (χ0) is 19.8. The third kappa shape index (κ3) is 3.48.